The highest BCUT2D eigenvalue weighted by atomic mass is 35.5. The predicted octanol–water partition coefficient (Wildman–Crippen LogP) is 1.98. The van der Waals surface area contributed by atoms with Crippen LogP contribution in [0.1, 0.15) is 12.8 Å². The Labute approximate surface area is 139 Å². The van der Waals surface area contributed by atoms with Gasteiger partial charge in [-0.2, -0.15) is 0 Å². The highest BCUT2D eigenvalue weighted by Crippen LogP contribution is 2.15. The first-order valence-corrected chi connectivity index (χ1v) is 7.97. The molecule has 120 valence electrons. The van der Waals surface area contributed by atoms with Gasteiger partial charge in [-0.3, -0.25) is 9.59 Å². The largest absolute Gasteiger partial charge is 0.484 e. The number of nitrogens with zero attached hydrogens (tertiary/aromatic N) is 1. The molecule has 0 aromatic heterocycles. The third kappa shape index (κ3) is 5.07. The number of carbonyl (C=O) groups is 2. The number of rotatable bonds is 5. The molecule has 0 atom stereocenters. The summed E-state index contributed by atoms with van der Waals surface area (Å²) in [6.07, 6.45) is 1.37. The molecule has 7 heteroatoms. The van der Waals surface area contributed by atoms with E-state index in [1.165, 1.54) is 0 Å². The molecule has 2 rings (SSSR count). The van der Waals surface area contributed by atoms with Gasteiger partial charge in [-0.25, -0.2) is 0 Å². The first kappa shape index (κ1) is 16.9. The van der Waals surface area contributed by atoms with Crippen LogP contribution in [0.4, 0.5) is 0 Å². The SMILES string of the molecule is O=C(COc1ccccc1)NC1CCN(C(=O)C(Cl)Cl)CC1. The van der Waals surface area contributed by atoms with Crippen LogP contribution in [-0.2, 0) is 9.59 Å². The lowest BCUT2D eigenvalue weighted by Gasteiger charge is -2.32. The zero-order valence-corrected chi connectivity index (χ0v) is 13.5. The number of para-hydroxylation sites is 1. The van der Waals surface area contributed by atoms with Crippen molar-refractivity contribution in [3.63, 3.8) is 0 Å². The van der Waals surface area contributed by atoms with E-state index >= 15 is 0 Å². The van der Waals surface area contributed by atoms with Crippen LogP contribution >= 0.6 is 23.2 Å². The molecule has 1 aromatic carbocycles. The third-order valence-corrected chi connectivity index (χ3v) is 3.84. The summed E-state index contributed by atoms with van der Waals surface area (Å²) in [5.74, 6) is 0.218. The molecule has 1 N–H and O–H groups in total. The molecule has 22 heavy (non-hydrogen) atoms. The maximum Gasteiger partial charge on any atom is 0.258 e. The Morgan fingerprint density at radius 2 is 1.86 bits per heavy atom. The van der Waals surface area contributed by atoms with Crippen LogP contribution in [0.2, 0.25) is 0 Å². The molecule has 1 heterocycles. The highest BCUT2D eigenvalue weighted by Gasteiger charge is 2.26. The van der Waals surface area contributed by atoms with Crippen LogP contribution in [-0.4, -0.2) is 47.3 Å². The molecular formula is C15H18Cl2N2O3. The molecule has 1 aliphatic rings. The van der Waals surface area contributed by atoms with Crippen LogP contribution < -0.4 is 10.1 Å². The van der Waals surface area contributed by atoms with Crippen molar-refractivity contribution in [2.24, 2.45) is 0 Å². The first-order valence-electron chi connectivity index (χ1n) is 7.10. The number of likely N-dealkylation sites (tertiary alicyclic amines) is 1. The Balaban J connectivity index is 1.69. The number of hydrogen-bond donors (Lipinski definition) is 1. The van der Waals surface area contributed by atoms with Crippen LogP contribution in [0.15, 0.2) is 30.3 Å². The second-order valence-electron chi connectivity index (χ2n) is 5.07. The summed E-state index contributed by atoms with van der Waals surface area (Å²) >= 11 is 11.1. The van der Waals surface area contributed by atoms with Crippen molar-refractivity contribution in [3.05, 3.63) is 30.3 Å². The van der Waals surface area contributed by atoms with Crippen LogP contribution in [0.5, 0.6) is 5.75 Å². The van der Waals surface area contributed by atoms with E-state index in [0.717, 1.165) is 0 Å². The van der Waals surface area contributed by atoms with E-state index in [2.05, 4.69) is 5.32 Å². The smallest absolute Gasteiger partial charge is 0.258 e. The van der Waals surface area contributed by atoms with Crippen molar-refractivity contribution in [1.82, 2.24) is 10.2 Å². The van der Waals surface area contributed by atoms with Gasteiger partial charge in [0.1, 0.15) is 5.75 Å². The van der Waals surface area contributed by atoms with Gasteiger partial charge in [0.05, 0.1) is 0 Å². The quantitative estimate of drug-likeness (QED) is 0.831. The van der Waals surface area contributed by atoms with E-state index in [1.807, 2.05) is 18.2 Å². The fraction of sp³-hybridized carbons (Fsp3) is 0.467. The molecule has 0 bridgehead atoms. The second kappa shape index (κ2) is 8.25. The number of amides is 2. The monoisotopic (exact) mass is 344 g/mol. The maximum absolute atomic E-state index is 11.8. The molecule has 1 saturated heterocycles. The topological polar surface area (TPSA) is 58.6 Å². The van der Waals surface area contributed by atoms with Crippen molar-refractivity contribution in [3.8, 4) is 5.75 Å². The summed E-state index contributed by atoms with van der Waals surface area (Å²) in [5, 5.41) is 2.91. The number of piperidine rings is 1. The molecule has 0 unspecified atom stereocenters. The average molecular weight is 345 g/mol. The lowest BCUT2D eigenvalue weighted by Crippen LogP contribution is -2.48. The van der Waals surface area contributed by atoms with Gasteiger partial charge in [0.15, 0.2) is 11.4 Å². The van der Waals surface area contributed by atoms with Crippen LogP contribution in [0.25, 0.3) is 0 Å². The van der Waals surface area contributed by atoms with Crippen LogP contribution in [0, 0.1) is 0 Å². The predicted molar refractivity (Wildman–Crippen MR) is 85.2 cm³/mol. The van der Waals surface area contributed by atoms with Crippen molar-refractivity contribution in [2.45, 2.75) is 23.7 Å². The van der Waals surface area contributed by atoms with Crippen molar-refractivity contribution in [2.75, 3.05) is 19.7 Å². The summed E-state index contributed by atoms with van der Waals surface area (Å²) in [4.78, 5) is 24.1. The molecule has 0 spiro atoms. The van der Waals surface area contributed by atoms with Gasteiger partial charge in [-0.05, 0) is 25.0 Å². The van der Waals surface area contributed by atoms with E-state index in [-0.39, 0.29) is 24.5 Å². The van der Waals surface area contributed by atoms with Gasteiger partial charge in [-0.1, -0.05) is 41.4 Å². The number of carbonyl (C=O) groups excluding carboxylic acids is 2. The van der Waals surface area contributed by atoms with E-state index in [1.54, 1.807) is 17.0 Å². The number of nitrogens with one attached hydrogen (secondary N) is 1. The second-order valence-corrected chi connectivity index (χ2v) is 6.17. The number of benzene rings is 1. The lowest BCUT2D eigenvalue weighted by atomic mass is 10.1. The minimum atomic E-state index is -1.02. The van der Waals surface area contributed by atoms with E-state index in [9.17, 15) is 9.59 Å². The number of ether oxygens (including phenoxy) is 1. The summed E-state index contributed by atoms with van der Waals surface area (Å²) in [7, 11) is 0. The highest BCUT2D eigenvalue weighted by molar-refractivity contribution is 6.53. The summed E-state index contributed by atoms with van der Waals surface area (Å²) in [5.41, 5.74) is 0. The Hall–Kier alpha value is -1.46. The molecule has 0 saturated carbocycles. The maximum atomic E-state index is 11.8. The third-order valence-electron chi connectivity index (χ3n) is 3.47. The van der Waals surface area contributed by atoms with E-state index in [4.69, 9.17) is 27.9 Å². The average Bonchev–Trinajstić information content (AvgIpc) is 2.54. The van der Waals surface area contributed by atoms with Crippen LogP contribution in [0.3, 0.4) is 0 Å². The van der Waals surface area contributed by atoms with Gasteiger partial charge < -0.3 is 15.0 Å². The van der Waals surface area contributed by atoms with Gasteiger partial charge in [-0.15, -0.1) is 0 Å². The Bertz CT molecular complexity index is 503. The Kier molecular flexibility index (Phi) is 6.34. The molecule has 0 aliphatic carbocycles. The Morgan fingerprint density at radius 1 is 1.23 bits per heavy atom. The molecular weight excluding hydrogens is 327 g/mol. The minimum absolute atomic E-state index is 0.0193. The standard InChI is InChI=1S/C15H18Cl2N2O3/c16-14(17)15(21)19-8-6-11(7-9-19)18-13(20)10-22-12-4-2-1-3-5-12/h1-5,11,14H,6-10H2,(H,18,20). The zero-order valence-electron chi connectivity index (χ0n) is 12.0. The number of hydrogen-bond acceptors (Lipinski definition) is 3. The van der Waals surface area contributed by atoms with Gasteiger partial charge >= 0.3 is 0 Å². The molecule has 1 aromatic rings. The lowest BCUT2D eigenvalue weighted by molar-refractivity contribution is -0.130. The summed E-state index contributed by atoms with van der Waals surface area (Å²) < 4.78 is 5.39. The van der Waals surface area contributed by atoms with Gasteiger partial charge in [0.25, 0.3) is 11.8 Å². The Morgan fingerprint density at radius 3 is 2.45 bits per heavy atom. The first-order chi connectivity index (χ1) is 10.6. The zero-order chi connectivity index (χ0) is 15.9. The van der Waals surface area contributed by atoms with Gasteiger partial charge in [0.2, 0.25) is 0 Å². The number of halogens is 2. The fourth-order valence-electron chi connectivity index (χ4n) is 2.32. The van der Waals surface area contributed by atoms with Crippen molar-refractivity contribution < 1.29 is 14.3 Å². The molecule has 2 amide bonds. The van der Waals surface area contributed by atoms with Crippen molar-refractivity contribution in [1.29, 1.82) is 0 Å². The molecule has 0 radical (unpaired) electrons. The summed E-state index contributed by atoms with van der Waals surface area (Å²) in [6.45, 7) is 1.06. The van der Waals surface area contributed by atoms with E-state index < -0.39 is 4.84 Å². The molecule has 1 aliphatic heterocycles. The van der Waals surface area contributed by atoms with E-state index in [0.29, 0.717) is 31.7 Å². The minimum Gasteiger partial charge on any atom is -0.484 e. The summed E-state index contributed by atoms with van der Waals surface area (Å²) in [6, 6.07) is 9.22. The molecule has 5 nitrogen and oxygen atoms in total. The normalized spacial score (nSPS) is 15.7. The van der Waals surface area contributed by atoms with Crippen molar-refractivity contribution >= 4 is 35.0 Å². The molecule has 1 fully saturated rings. The number of alkyl halides is 2. The fourth-order valence-corrected chi connectivity index (χ4v) is 2.59. The van der Waals surface area contributed by atoms with Gasteiger partial charge in [0, 0.05) is 19.1 Å².